The molecule has 0 radical (unpaired) electrons. The van der Waals surface area contributed by atoms with Gasteiger partial charge in [-0.05, 0) is 30.3 Å². The van der Waals surface area contributed by atoms with Crippen molar-refractivity contribution in [3.63, 3.8) is 0 Å². The number of nitrogens with zero attached hydrogens (tertiary/aromatic N) is 3. The number of hydrogen-bond donors (Lipinski definition) is 1. The molecule has 2 aromatic rings. The Bertz CT molecular complexity index is 926. The first-order chi connectivity index (χ1) is 13.4. The summed E-state index contributed by atoms with van der Waals surface area (Å²) in [5.74, 6) is -0.344. The highest BCUT2D eigenvalue weighted by molar-refractivity contribution is 7.89. The van der Waals surface area contributed by atoms with Crippen LogP contribution in [-0.2, 0) is 21.3 Å². The molecule has 1 saturated heterocycles. The van der Waals surface area contributed by atoms with Gasteiger partial charge in [0.2, 0.25) is 10.0 Å². The summed E-state index contributed by atoms with van der Waals surface area (Å²) in [5.41, 5.74) is 1.74. The van der Waals surface area contributed by atoms with Gasteiger partial charge in [-0.3, -0.25) is 9.78 Å². The fourth-order valence-corrected chi connectivity index (χ4v) is 3.85. The molecule has 1 N–H and O–H groups in total. The van der Waals surface area contributed by atoms with Crippen molar-refractivity contribution in [3.05, 3.63) is 53.9 Å². The van der Waals surface area contributed by atoms with Gasteiger partial charge in [0, 0.05) is 39.1 Å². The molecule has 3 rings (SSSR count). The Morgan fingerprint density at radius 1 is 1.21 bits per heavy atom. The third kappa shape index (κ3) is 4.49. The number of sulfonamides is 1. The van der Waals surface area contributed by atoms with Crippen LogP contribution in [0.4, 0.5) is 5.69 Å². The van der Waals surface area contributed by atoms with Crippen LogP contribution < -0.4 is 10.2 Å². The van der Waals surface area contributed by atoms with Crippen LogP contribution in [0, 0.1) is 0 Å². The van der Waals surface area contributed by atoms with Crippen molar-refractivity contribution < 1.29 is 17.9 Å². The van der Waals surface area contributed by atoms with E-state index in [1.165, 1.54) is 26.2 Å². The van der Waals surface area contributed by atoms with Crippen molar-refractivity contribution in [1.29, 1.82) is 0 Å². The Kier molecular flexibility index (Phi) is 6.28. The number of ether oxygens (including phenoxy) is 1. The number of morpholine rings is 1. The minimum atomic E-state index is -3.65. The monoisotopic (exact) mass is 404 g/mol. The zero-order chi connectivity index (χ0) is 20.1. The molecule has 1 aromatic carbocycles. The van der Waals surface area contributed by atoms with Crippen LogP contribution >= 0.6 is 0 Å². The second-order valence-corrected chi connectivity index (χ2v) is 8.72. The van der Waals surface area contributed by atoms with E-state index in [4.69, 9.17) is 4.74 Å². The summed E-state index contributed by atoms with van der Waals surface area (Å²) in [6, 6.07) is 10.1. The fraction of sp³-hybridized carbons (Fsp3) is 0.368. The largest absolute Gasteiger partial charge is 0.378 e. The molecule has 28 heavy (non-hydrogen) atoms. The number of nitrogens with one attached hydrogen (secondary N) is 1. The maximum atomic E-state index is 12.9. The Balaban J connectivity index is 1.93. The molecule has 1 aliphatic rings. The standard InChI is InChI=1S/C19H24N4O4S/c1-22(2)28(25,26)16-6-7-18(23-9-11-27-12-10-23)17(13-16)19(24)21-14-15-5-3-4-8-20-15/h3-8,13H,9-12,14H2,1-2H3,(H,21,24). The van der Waals surface area contributed by atoms with E-state index in [0.29, 0.717) is 37.6 Å². The second-order valence-electron chi connectivity index (χ2n) is 6.57. The summed E-state index contributed by atoms with van der Waals surface area (Å²) in [4.78, 5) is 19.2. The van der Waals surface area contributed by atoms with Crippen molar-refractivity contribution in [2.24, 2.45) is 0 Å². The Morgan fingerprint density at radius 2 is 1.96 bits per heavy atom. The van der Waals surface area contributed by atoms with Crippen LogP contribution in [0.25, 0.3) is 0 Å². The highest BCUT2D eigenvalue weighted by Crippen LogP contribution is 2.26. The molecule has 0 saturated carbocycles. The molecule has 0 aliphatic carbocycles. The van der Waals surface area contributed by atoms with E-state index in [1.807, 2.05) is 17.0 Å². The van der Waals surface area contributed by atoms with E-state index in [1.54, 1.807) is 18.3 Å². The van der Waals surface area contributed by atoms with Crippen molar-refractivity contribution in [3.8, 4) is 0 Å². The number of pyridine rings is 1. The molecule has 150 valence electrons. The summed E-state index contributed by atoms with van der Waals surface area (Å²) in [5, 5.41) is 2.83. The van der Waals surface area contributed by atoms with Gasteiger partial charge in [-0.1, -0.05) is 6.07 Å². The van der Waals surface area contributed by atoms with E-state index in [9.17, 15) is 13.2 Å². The third-order valence-electron chi connectivity index (χ3n) is 4.50. The molecule has 1 fully saturated rings. The summed E-state index contributed by atoms with van der Waals surface area (Å²) < 4.78 is 31.6. The van der Waals surface area contributed by atoms with Crippen LogP contribution in [0.3, 0.4) is 0 Å². The van der Waals surface area contributed by atoms with Crippen LogP contribution in [0.2, 0.25) is 0 Å². The number of benzene rings is 1. The lowest BCUT2D eigenvalue weighted by Gasteiger charge is -2.30. The maximum absolute atomic E-state index is 12.9. The van der Waals surface area contributed by atoms with E-state index < -0.39 is 10.0 Å². The van der Waals surface area contributed by atoms with E-state index in [0.717, 1.165) is 10.00 Å². The highest BCUT2D eigenvalue weighted by atomic mass is 32.2. The first-order valence-corrected chi connectivity index (χ1v) is 10.4. The average Bonchev–Trinajstić information content (AvgIpc) is 2.72. The smallest absolute Gasteiger partial charge is 0.253 e. The highest BCUT2D eigenvalue weighted by Gasteiger charge is 2.24. The van der Waals surface area contributed by atoms with Gasteiger partial charge in [-0.2, -0.15) is 0 Å². The zero-order valence-electron chi connectivity index (χ0n) is 16.0. The Hall–Kier alpha value is -2.49. The van der Waals surface area contributed by atoms with E-state index in [2.05, 4.69) is 10.3 Å². The summed E-state index contributed by atoms with van der Waals surface area (Å²) in [6.07, 6.45) is 1.66. The third-order valence-corrected chi connectivity index (χ3v) is 6.31. The van der Waals surface area contributed by atoms with Gasteiger partial charge in [0.05, 0.1) is 35.9 Å². The summed E-state index contributed by atoms with van der Waals surface area (Å²) in [7, 11) is -0.721. The predicted octanol–water partition coefficient (Wildman–Crippen LogP) is 1.10. The molecule has 1 aromatic heterocycles. The quantitative estimate of drug-likeness (QED) is 0.775. The number of carbonyl (C=O) groups is 1. The molecular formula is C19H24N4O4S. The lowest BCUT2D eigenvalue weighted by atomic mass is 10.1. The summed E-state index contributed by atoms with van der Waals surface area (Å²) in [6.45, 7) is 2.66. The normalized spacial score (nSPS) is 14.9. The van der Waals surface area contributed by atoms with E-state index in [-0.39, 0.29) is 17.3 Å². The second kappa shape index (κ2) is 8.68. The van der Waals surface area contributed by atoms with Crippen LogP contribution in [0.1, 0.15) is 16.1 Å². The summed E-state index contributed by atoms with van der Waals surface area (Å²) >= 11 is 0. The first kappa shape index (κ1) is 20.2. The molecule has 0 atom stereocenters. The van der Waals surface area contributed by atoms with Crippen molar-refractivity contribution in [2.75, 3.05) is 45.3 Å². The lowest BCUT2D eigenvalue weighted by Crippen LogP contribution is -2.38. The number of rotatable bonds is 6. The number of hydrogen-bond acceptors (Lipinski definition) is 6. The molecule has 2 heterocycles. The topological polar surface area (TPSA) is 91.8 Å². The molecule has 9 heteroatoms. The first-order valence-electron chi connectivity index (χ1n) is 8.97. The van der Waals surface area contributed by atoms with Crippen LogP contribution in [0.15, 0.2) is 47.5 Å². The number of carbonyl (C=O) groups excluding carboxylic acids is 1. The van der Waals surface area contributed by atoms with Gasteiger partial charge in [0.1, 0.15) is 0 Å². The zero-order valence-corrected chi connectivity index (χ0v) is 16.8. The van der Waals surface area contributed by atoms with Gasteiger partial charge in [0.15, 0.2) is 0 Å². The minimum absolute atomic E-state index is 0.0810. The molecular weight excluding hydrogens is 380 g/mol. The molecule has 0 spiro atoms. The number of amides is 1. The van der Waals surface area contributed by atoms with Crippen LogP contribution in [0.5, 0.6) is 0 Å². The lowest BCUT2D eigenvalue weighted by molar-refractivity contribution is 0.0948. The van der Waals surface area contributed by atoms with Gasteiger partial charge >= 0.3 is 0 Å². The number of aromatic nitrogens is 1. The average molecular weight is 404 g/mol. The van der Waals surface area contributed by atoms with Gasteiger partial charge in [0.25, 0.3) is 5.91 Å². The maximum Gasteiger partial charge on any atom is 0.253 e. The Labute approximate surface area is 165 Å². The van der Waals surface area contributed by atoms with Gasteiger partial charge in [-0.25, -0.2) is 12.7 Å². The number of anilines is 1. The fourth-order valence-electron chi connectivity index (χ4n) is 2.92. The van der Waals surface area contributed by atoms with Crippen molar-refractivity contribution in [2.45, 2.75) is 11.4 Å². The molecule has 0 bridgehead atoms. The van der Waals surface area contributed by atoms with Gasteiger partial charge < -0.3 is 15.0 Å². The molecule has 0 unspecified atom stereocenters. The molecule has 8 nitrogen and oxygen atoms in total. The van der Waals surface area contributed by atoms with Gasteiger partial charge in [-0.15, -0.1) is 0 Å². The minimum Gasteiger partial charge on any atom is -0.378 e. The Morgan fingerprint density at radius 3 is 2.61 bits per heavy atom. The predicted molar refractivity (Wildman–Crippen MR) is 106 cm³/mol. The molecule has 1 aliphatic heterocycles. The van der Waals surface area contributed by atoms with Crippen molar-refractivity contribution >= 4 is 21.6 Å². The SMILES string of the molecule is CN(C)S(=O)(=O)c1ccc(N2CCOCC2)c(C(=O)NCc2ccccn2)c1. The van der Waals surface area contributed by atoms with E-state index >= 15 is 0 Å². The van der Waals surface area contributed by atoms with Crippen LogP contribution in [-0.4, -0.2) is 64.0 Å². The molecule has 1 amide bonds. The van der Waals surface area contributed by atoms with Crippen molar-refractivity contribution in [1.82, 2.24) is 14.6 Å².